The van der Waals surface area contributed by atoms with Crippen molar-refractivity contribution in [1.29, 1.82) is 0 Å². The summed E-state index contributed by atoms with van der Waals surface area (Å²) in [4.78, 5) is 14.3. The van der Waals surface area contributed by atoms with Crippen LogP contribution < -0.4 is 9.21 Å². The quantitative estimate of drug-likeness (QED) is 0.822. The lowest BCUT2D eigenvalue weighted by Crippen LogP contribution is -2.47. The SMILES string of the molecule is CCC(=O)N1c2ccccc2[C@@H](N(c2ccccc2)S(C)(=O)=O)C[C@H]1C. The van der Waals surface area contributed by atoms with Crippen molar-refractivity contribution >= 4 is 27.3 Å². The molecule has 138 valence electrons. The van der Waals surface area contributed by atoms with Gasteiger partial charge in [-0.2, -0.15) is 0 Å². The lowest BCUT2D eigenvalue weighted by atomic mass is 9.91. The van der Waals surface area contributed by atoms with E-state index in [-0.39, 0.29) is 18.0 Å². The lowest BCUT2D eigenvalue weighted by Gasteiger charge is -2.43. The van der Waals surface area contributed by atoms with Gasteiger partial charge < -0.3 is 4.90 Å². The maximum absolute atomic E-state index is 12.7. The van der Waals surface area contributed by atoms with Gasteiger partial charge in [-0.1, -0.05) is 43.3 Å². The zero-order chi connectivity index (χ0) is 18.9. The summed E-state index contributed by atoms with van der Waals surface area (Å²) in [6.07, 6.45) is 2.19. The second-order valence-electron chi connectivity index (χ2n) is 6.67. The first-order chi connectivity index (χ1) is 12.3. The molecule has 1 amide bonds. The first-order valence-corrected chi connectivity index (χ1v) is 10.6. The molecule has 2 aromatic carbocycles. The standard InChI is InChI=1S/C20H24N2O3S/c1-4-20(23)21-15(2)14-19(17-12-8-9-13-18(17)21)22(26(3,24)25)16-10-6-5-7-11-16/h5-13,15,19H,4,14H2,1-3H3/t15-,19+/m1/s1. The van der Waals surface area contributed by atoms with E-state index >= 15 is 0 Å². The molecule has 1 aliphatic rings. The first-order valence-electron chi connectivity index (χ1n) is 8.80. The summed E-state index contributed by atoms with van der Waals surface area (Å²) in [5.41, 5.74) is 2.30. The van der Waals surface area contributed by atoms with E-state index < -0.39 is 10.0 Å². The normalized spacial score (nSPS) is 19.7. The van der Waals surface area contributed by atoms with Crippen LogP contribution in [0.4, 0.5) is 11.4 Å². The number of carbonyl (C=O) groups excluding carboxylic acids is 1. The number of anilines is 2. The number of nitrogens with zero attached hydrogens (tertiary/aromatic N) is 2. The predicted molar refractivity (Wildman–Crippen MR) is 105 cm³/mol. The molecular weight excluding hydrogens is 348 g/mol. The minimum atomic E-state index is -3.50. The Morgan fingerprint density at radius 1 is 1.12 bits per heavy atom. The van der Waals surface area contributed by atoms with Crippen molar-refractivity contribution in [2.24, 2.45) is 0 Å². The molecule has 1 aliphatic heterocycles. The van der Waals surface area contributed by atoms with Gasteiger partial charge in [0.15, 0.2) is 0 Å². The molecule has 3 rings (SSSR count). The minimum Gasteiger partial charge on any atom is -0.309 e. The Kier molecular flexibility index (Phi) is 5.05. The molecule has 0 saturated heterocycles. The fourth-order valence-corrected chi connectivity index (χ4v) is 4.90. The molecule has 0 spiro atoms. The third-order valence-corrected chi connectivity index (χ3v) is 5.96. The molecule has 5 nitrogen and oxygen atoms in total. The van der Waals surface area contributed by atoms with Crippen LogP contribution in [-0.4, -0.2) is 26.6 Å². The van der Waals surface area contributed by atoms with Crippen LogP contribution in [0.3, 0.4) is 0 Å². The van der Waals surface area contributed by atoms with Crippen LogP contribution in [-0.2, 0) is 14.8 Å². The number of hydrogen-bond donors (Lipinski definition) is 0. The number of hydrogen-bond acceptors (Lipinski definition) is 3. The number of para-hydroxylation sites is 2. The van der Waals surface area contributed by atoms with Crippen LogP contribution in [0.25, 0.3) is 0 Å². The summed E-state index contributed by atoms with van der Waals surface area (Å²) < 4.78 is 26.8. The number of sulfonamides is 1. The van der Waals surface area contributed by atoms with Crippen LogP contribution in [0.2, 0.25) is 0 Å². The van der Waals surface area contributed by atoms with Crippen molar-refractivity contribution in [1.82, 2.24) is 0 Å². The lowest BCUT2D eigenvalue weighted by molar-refractivity contribution is -0.118. The fourth-order valence-electron chi connectivity index (χ4n) is 3.73. The Morgan fingerprint density at radius 2 is 1.73 bits per heavy atom. The van der Waals surface area contributed by atoms with Gasteiger partial charge in [-0.05, 0) is 37.1 Å². The Bertz CT molecular complexity index is 896. The smallest absolute Gasteiger partial charge is 0.232 e. The van der Waals surface area contributed by atoms with Crippen molar-refractivity contribution in [3.05, 3.63) is 60.2 Å². The molecule has 0 bridgehead atoms. The van der Waals surface area contributed by atoms with Gasteiger partial charge in [0.2, 0.25) is 15.9 Å². The van der Waals surface area contributed by atoms with Gasteiger partial charge in [-0.15, -0.1) is 0 Å². The number of carbonyl (C=O) groups is 1. The van der Waals surface area contributed by atoms with Gasteiger partial charge in [0, 0.05) is 18.2 Å². The second-order valence-corrected chi connectivity index (χ2v) is 8.53. The summed E-state index contributed by atoms with van der Waals surface area (Å²) in [5, 5.41) is 0. The molecule has 0 aliphatic carbocycles. The van der Waals surface area contributed by atoms with Crippen LogP contribution in [0.5, 0.6) is 0 Å². The van der Waals surface area contributed by atoms with Crippen LogP contribution in [0, 0.1) is 0 Å². The maximum atomic E-state index is 12.7. The summed E-state index contributed by atoms with van der Waals surface area (Å²) in [6, 6.07) is 16.3. The molecule has 1 heterocycles. The highest BCUT2D eigenvalue weighted by molar-refractivity contribution is 7.92. The molecular formula is C20H24N2O3S. The molecule has 2 aromatic rings. The summed E-state index contributed by atoms with van der Waals surface area (Å²) in [5.74, 6) is 0.0500. The van der Waals surface area contributed by atoms with E-state index in [2.05, 4.69) is 0 Å². The van der Waals surface area contributed by atoms with Gasteiger partial charge in [0.1, 0.15) is 0 Å². The highest BCUT2D eigenvalue weighted by Gasteiger charge is 2.38. The fraction of sp³-hybridized carbons (Fsp3) is 0.350. The highest BCUT2D eigenvalue weighted by Crippen LogP contribution is 2.43. The third kappa shape index (κ3) is 3.33. The minimum absolute atomic E-state index is 0.0500. The molecule has 0 radical (unpaired) electrons. The molecule has 6 heteroatoms. The first kappa shape index (κ1) is 18.5. The van der Waals surface area contributed by atoms with Crippen LogP contribution in [0.15, 0.2) is 54.6 Å². The van der Waals surface area contributed by atoms with Crippen LogP contribution in [0.1, 0.15) is 38.3 Å². The average molecular weight is 372 g/mol. The van der Waals surface area contributed by atoms with E-state index in [4.69, 9.17) is 0 Å². The van der Waals surface area contributed by atoms with Crippen LogP contribution >= 0.6 is 0 Å². The predicted octanol–water partition coefficient (Wildman–Crippen LogP) is 3.73. The van der Waals surface area contributed by atoms with Gasteiger partial charge in [-0.25, -0.2) is 8.42 Å². The molecule has 0 fully saturated rings. The van der Waals surface area contributed by atoms with Gasteiger partial charge in [0.05, 0.1) is 18.0 Å². The maximum Gasteiger partial charge on any atom is 0.232 e. The third-order valence-electron chi connectivity index (χ3n) is 4.78. The largest absolute Gasteiger partial charge is 0.309 e. The highest BCUT2D eigenvalue weighted by atomic mass is 32.2. The van der Waals surface area contributed by atoms with Crippen molar-refractivity contribution < 1.29 is 13.2 Å². The van der Waals surface area contributed by atoms with Crippen molar-refractivity contribution in [3.8, 4) is 0 Å². The molecule has 0 unspecified atom stereocenters. The number of amides is 1. The van der Waals surface area contributed by atoms with Crippen molar-refractivity contribution in [3.63, 3.8) is 0 Å². The number of benzene rings is 2. The van der Waals surface area contributed by atoms with Crippen molar-refractivity contribution in [2.75, 3.05) is 15.5 Å². The van der Waals surface area contributed by atoms with Gasteiger partial charge in [0.25, 0.3) is 0 Å². The monoisotopic (exact) mass is 372 g/mol. The Labute approximate surface area is 155 Å². The zero-order valence-electron chi connectivity index (χ0n) is 15.3. The van der Waals surface area contributed by atoms with E-state index in [1.54, 1.807) is 17.0 Å². The second kappa shape index (κ2) is 7.11. The summed E-state index contributed by atoms with van der Waals surface area (Å²) in [6.45, 7) is 3.82. The van der Waals surface area contributed by atoms with E-state index in [1.165, 1.54) is 10.6 Å². The number of rotatable bonds is 4. The van der Waals surface area contributed by atoms with E-state index in [0.717, 1.165) is 11.3 Å². The molecule has 2 atom stereocenters. The van der Waals surface area contributed by atoms with Gasteiger partial charge in [-0.3, -0.25) is 9.10 Å². The molecule has 0 saturated carbocycles. The average Bonchev–Trinajstić information content (AvgIpc) is 2.61. The van der Waals surface area contributed by atoms with E-state index in [0.29, 0.717) is 18.5 Å². The molecule has 0 aromatic heterocycles. The molecule has 26 heavy (non-hydrogen) atoms. The zero-order valence-corrected chi connectivity index (χ0v) is 16.1. The summed E-state index contributed by atoms with van der Waals surface area (Å²) in [7, 11) is -3.50. The van der Waals surface area contributed by atoms with E-state index in [1.807, 2.05) is 56.3 Å². The molecule has 0 N–H and O–H groups in total. The Balaban J connectivity index is 2.16. The number of fused-ring (bicyclic) bond motifs is 1. The van der Waals surface area contributed by atoms with Crippen molar-refractivity contribution in [2.45, 2.75) is 38.8 Å². The topological polar surface area (TPSA) is 57.7 Å². The Hall–Kier alpha value is -2.34. The van der Waals surface area contributed by atoms with Gasteiger partial charge >= 0.3 is 0 Å². The summed E-state index contributed by atoms with van der Waals surface area (Å²) >= 11 is 0. The Morgan fingerprint density at radius 3 is 2.35 bits per heavy atom. The van der Waals surface area contributed by atoms with E-state index in [9.17, 15) is 13.2 Å².